The van der Waals surface area contributed by atoms with Gasteiger partial charge in [0.15, 0.2) is 6.79 Å². The molecule has 1 heterocycles. The Bertz CT molecular complexity index is 500. The minimum atomic E-state index is -0.406. The van der Waals surface area contributed by atoms with Crippen molar-refractivity contribution in [3.05, 3.63) is 29.3 Å². The van der Waals surface area contributed by atoms with E-state index in [1.54, 1.807) is 6.08 Å². The maximum atomic E-state index is 10.8. The Labute approximate surface area is 106 Å². The number of hydrogen-bond acceptors (Lipinski definition) is 4. The Morgan fingerprint density at radius 3 is 2.89 bits per heavy atom. The van der Waals surface area contributed by atoms with Crippen LogP contribution in [0.25, 0.3) is 0 Å². The fraction of sp³-hybridized carbons (Fsp3) is 0.500. The van der Waals surface area contributed by atoms with E-state index in [9.17, 15) is 4.79 Å². The monoisotopic (exact) mass is 245 g/mol. The molecule has 4 nitrogen and oxygen atoms in total. The van der Waals surface area contributed by atoms with Crippen molar-refractivity contribution < 1.29 is 14.3 Å². The summed E-state index contributed by atoms with van der Waals surface area (Å²) in [7, 11) is 0. The number of hydrogen-bond donors (Lipinski definition) is 0. The second-order valence-electron chi connectivity index (χ2n) is 4.83. The standard InChI is InChI=1S/C14H15NO3/c16-9-15-14(6-1-2-7-14)12-4-3-5-13-11(12)8-17-10-18-13/h3-5H,1-2,6-8,10H2. The number of aliphatic imine (C=N–C) groups is 1. The van der Waals surface area contributed by atoms with Gasteiger partial charge >= 0.3 is 0 Å². The van der Waals surface area contributed by atoms with Gasteiger partial charge in [0.05, 0.1) is 12.1 Å². The molecule has 0 unspecified atom stereocenters. The first-order chi connectivity index (χ1) is 8.86. The molecule has 1 aromatic carbocycles. The van der Waals surface area contributed by atoms with Crippen LogP contribution >= 0.6 is 0 Å². The van der Waals surface area contributed by atoms with Crippen LogP contribution in [0, 0.1) is 0 Å². The maximum Gasteiger partial charge on any atom is 0.235 e. The van der Waals surface area contributed by atoms with Crippen molar-refractivity contribution in [2.45, 2.75) is 37.8 Å². The van der Waals surface area contributed by atoms with E-state index in [2.05, 4.69) is 4.99 Å². The zero-order valence-electron chi connectivity index (χ0n) is 10.1. The maximum absolute atomic E-state index is 10.8. The first kappa shape index (κ1) is 11.5. The highest BCUT2D eigenvalue weighted by molar-refractivity contribution is 5.47. The number of isocyanates is 1. The lowest BCUT2D eigenvalue weighted by molar-refractivity contribution is -0.0174. The largest absolute Gasteiger partial charge is 0.467 e. The molecule has 1 fully saturated rings. The van der Waals surface area contributed by atoms with Crippen LogP contribution in [0.5, 0.6) is 5.75 Å². The highest BCUT2D eigenvalue weighted by Crippen LogP contribution is 2.45. The average Bonchev–Trinajstić information content (AvgIpc) is 2.88. The summed E-state index contributed by atoms with van der Waals surface area (Å²) in [4.78, 5) is 14.9. The van der Waals surface area contributed by atoms with Crippen molar-refractivity contribution in [3.63, 3.8) is 0 Å². The van der Waals surface area contributed by atoms with E-state index in [1.807, 2.05) is 18.2 Å². The molecule has 18 heavy (non-hydrogen) atoms. The number of nitrogens with zero attached hydrogens (tertiary/aromatic N) is 1. The third-order valence-corrected chi connectivity index (χ3v) is 3.87. The van der Waals surface area contributed by atoms with E-state index in [4.69, 9.17) is 9.47 Å². The predicted octanol–water partition coefficient (Wildman–Crippen LogP) is 2.66. The topological polar surface area (TPSA) is 47.9 Å². The molecule has 0 saturated heterocycles. The predicted molar refractivity (Wildman–Crippen MR) is 65.0 cm³/mol. The van der Waals surface area contributed by atoms with E-state index in [0.29, 0.717) is 13.4 Å². The lowest BCUT2D eigenvalue weighted by Gasteiger charge is -2.29. The van der Waals surface area contributed by atoms with Gasteiger partial charge in [-0.15, -0.1) is 0 Å². The van der Waals surface area contributed by atoms with Gasteiger partial charge in [-0.3, -0.25) is 0 Å². The molecular weight excluding hydrogens is 230 g/mol. The Morgan fingerprint density at radius 2 is 2.11 bits per heavy atom. The van der Waals surface area contributed by atoms with E-state index < -0.39 is 5.54 Å². The van der Waals surface area contributed by atoms with Gasteiger partial charge in [-0.1, -0.05) is 25.0 Å². The summed E-state index contributed by atoms with van der Waals surface area (Å²) in [6, 6.07) is 5.93. The van der Waals surface area contributed by atoms with Gasteiger partial charge in [-0.2, -0.15) is 4.99 Å². The highest BCUT2D eigenvalue weighted by atomic mass is 16.7. The molecule has 0 bridgehead atoms. The molecule has 0 radical (unpaired) electrons. The third-order valence-electron chi connectivity index (χ3n) is 3.87. The molecule has 3 rings (SSSR count). The second-order valence-corrected chi connectivity index (χ2v) is 4.83. The van der Waals surface area contributed by atoms with Gasteiger partial charge in [0, 0.05) is 5.56 Å². The smallest absolute Gasteiger partial charge is 0.235 e. The average molecular weight is 245 g/mol. The van der Waals surface area contributed by atoms with Crippen molar-refractivity contribution in [1.82, 2.24) is 0 Å². The lowest BCUT2D eigenvalue weighted by Crippen LogP contribution is -2.24. The number of rotatable bonds is 2. The van der Waals surface area contributed by atoms with Crippen molar-refractivity contribution in [1.29, 1.82) is 0 Å². The molecule has 0 atom stereocenters. The zero-order chi connectivity index (χ0) is 12.4. The molecular formula is C14H15NO3. The Balaban J connectivity index is 2.12. The molecule has 4 heteroatoms. The van der Waals surface area contributed by atoms with Crippen molar-refractivity contribution in [2.24, 2.45) is 4.99 Å². The SMILES string of the molecule is O=C=NC1(c2cccc3c2COCO3)CCCC1. The van der Waals surface area contributed by atoms with Gasteiger partial charge in [-0.25, -0.2) is 4.79 Å². The van der Waals surface area contributed by atoms with E-state index >= 15 is 0 Å². The van der Waals surface area contributed by atoms with Gasteiger partial charge < -0.3 is 9.47 Å². The van der Waals surface area contributed by atoms with Crippen LogP contribution in [0.1, 0.15) is 36.8 Å². The van der Waals surface area contributed by atoms with Crippen LogP contribution < -0.4 is 4.74 Å². The van der Waals surface area contributed by atoms with Gasteiger partial charge in [0.2, 0.25) is 6.08 Å². The first-order valence-electron chi connectivity index (χ1n) is 6.28. The normalized spacial score (nSPS) is 20.7. The number of fused-ring (bicyclic) bond motifs is 1. The van der Waals surface area contributed by atoms with Crippen LogP contribution in [0.3, 0.4) is 0 Å². The fourth-order valence-corrected chi connectivity index (χ4v) is 3.02. The van der Waals surface area contributed by atoms with Crippen LogP contribution in [-0.2, 0) is 21.7 Å². The van der Waals surface area contributed by atoms with Crippen LogP contribution in [-0.4, -0.2) is 12.9 Å². The highest BCUT2D eigenvalue weighted by Gasteiger charge is 2.38. The second kappa shape index (κ2) is 4.56. The molecule has 0 aromatic heterocycles. The Kier molecular flexibility index (Phi) is 2.90. The number of benzene rings is 1. The molecule has 94 valence electrons. The summed E-state index contributed by atoms with van der Waals surface area (Å²) in [5.74, 6) is 0.853. The van der Waals surface area contributed by atoms with Crippen LogP contribution in [0.2, 0.25) is 0 Å². The summed E-state index contributed by atoms with van der Waals surface area (Å²) in [6.45, 7) is 0.821. The minimum absolute atomic E-state index is 0.292. The fourth-order valence-electron chi connectivity index (χ4n) is 3.02. The number of carbonyl (C=O) groups excluding carboxylic acids is 1. The molecule has 1 aromatic rings. The molecule has 0 N–H and O–H groups in total. The molecule has 0 spiro atoms. The molecule has 1 aliphatic carbocycles. The summed E-state index contributed by atoms with van der Waals surface area (Å²) in [5, 5.41) is 0. The first-order valence-corrected chi connectivity index (χ1v) is 6.28. The Hall–Kier alpha value is -1.64. The molecule has 1 aliphatic heterocycles. The van der Waals surface area contributed by atoms with Crippen molar-refractivity contribution >= 4 is 6.08 Å². The summed E-state index contributed by atoms with van der Waals surface area (Å²) in [5.41, 5.74) is 1.70. The quantitative estimate of drug-likeness (QED) is 0.594. The summed E-state index contributed by atoms with van der Waals surface area (Å²) < 4.78 is 10.8. The van der Waals surface area contributed by atoms with E-state index in [-0.39, 0.29) is 0 Å². The molecule has 1 saturated carbocycles. The lowest BCUT2D eigenvalue weighted by atomic mass is 9.85. The van der Waals surface area contributed by atoms with Crippen molar-refractivity contribution in [3.8, 4) is 5.75 Å². The minimum Gasteiger partial charge on any atom is -0.467 e. The van der Waals surface area contributed by atoms with Gasteiger partial charge in [0.1, 0.15) is 5.75 Å². The zero-order valence-corrected chi connectivity index (χ0v) is 10.1. The molecule has 2 aliphatic rings. The summed E-state index contributed by atoms with van der Waals surface area (Å²) >= 11 is 0. The van der Waals surface area contributed by atoms with Gasteiger partial charge in [0.25, 0.3) is 0 Å². The van der Waals surface area contributed by atoms with Crippen molar-refractivity contribution in [2.75, 3.05) is 6.79 Å². The number of ether oxygens (including phenoxy) is 2. The van der Waals surface area contributed by atoms with Crippen LogP contribution in [0.4, 0.5) is 0 Å². The summed E-state index contributed by atoms with van der Waals surface area (Å²) in [6.07, 6.45) is 5.74. The molecule has 0 amide bonds. The Morgan fingerprint density at radius 1 is 1.28 bits per heavy atom. The van der Waals surface area contributed by atoms with Crippen LogP contribution in [0.15, 0.2) is 23.2 Å². The van der Waals surface area contributed by atoms with E-state index in [1.165, 1.54) is 0 Å². The third kappa shape index (κ3) is 1.74. The van der Waals surface area contributed by atoms with E-state index in [0.717, 1.165) is 42.6 Å². The van der Waals surface area contributed by atoms with Gasteiger partial charge in [-0.05, 0) is 24.5 Å².